The Kier molecular flexibility index (Phi) is 8.36. The molecule has 0 aliphatic heterocycles. The number of rotatable bonds is 6. The van der Waals surface area contributed by atoms with Crippen molar-refractivity contribution >= 4 is 63.8 Å². The van der Waals surface area contributed by atoms with Gasteiger partial charge >= 0.3 is 0 Å². The Balaban J connectivity index is 1.01. The smallest absolute Gasteiger partial charge is 0.164 e. The molecule has 2 aromatic heterocycles. The first-order chi connectivity index (χ1) is 30.2. The van der Waals surface area contributed by atoms with Crippen molar-refractivity contribution < 1.29 is 0 Å². The number of aromatic nitrogens is 3. The average Bonchev–Trinajstić information content (AvgIpc) is 3.73. The third kappa shape index (κ3) is 6.16. The zero-order valence-electron chi connectivity index (χ0n) is 33.0. The number of hydrogen-bond donors (Lipinski definition) is 0. The third-order valence-corrected chi connectivity index (χ3v) is 13.0. The Labute approximate surface area is 356 Å². The molecule has 0 atom stereocenters. The van der Waals surface area contributed by atoms with Gasteiger partial charge in [-0.3, -0.25) is 0 Å². The molecule has 0 aliphatic rings. The molecule has 0 N–H and O–H groups in total. The molecule has 0 bridgehead atoms. The van der Waals surface area contributed by atoms with Crippen LogP contribution in [0.2, 0.25) is 0 Å². The van der Waals surface area contributed by atoms with Gasteiger partial charge in [0.05, 0.1) is 0 Å². The van der Waals surface area contributed by atoms with E-state index in [-0.39, 0.29) is 0 Å². The lowest BCUT2D eigenvalue weighted by atomic mass is 9.89. The Morgan fingerprint density at radius 3 is 1.62 bits per heavy atom. The fourth-order valence-electron chi connectivity index (χ4n) is 8.99. The second-order valence-electron chi connectivity index (χ2n) is 15.5. The van der Waals surface area contributed by atoms with E-state index in [0.717, 1.165) is 38.9 Å². The Bertz CT molecular complexity index is 3650. The number of benzene rings is 10. The largest absolute Gasteiger partial charge is 0.208 e. The second-order valence-corrected chi connectivity index (χ2v) is 16.6. The topological polar surface area (TPSA) is 38.7 Å². The molecule has 0 unspecified atom stereocenters. The monoisotopic (exact) mass is 793 g/mol. The van der Waals surface area contributed by atoms with E-state index in [1.165, 1.54) is 63.6 Å². The van der Waals surface area contributed by atoms with E-state index in [2.05, 4.69) is 206 Å². The first kappa shape index (κ1) is 35.2. The quantitative estimate of drug-likeness (QED) is 0.124. The van der Waals surface area contributed by atoms with Crippen LogP contribution in [0.5, 0.6) is 0 Å². The van der Waals surface area contributed by atoms with Gasteiger partial charge in [-0.1, -0.05) is 182 Å². The van der Waals surface area contributed by atoms with Crippen LogP contribution < -0.4 is 0 Å². The first-order valence-corrected chi connectivity index (χ1v) is 21.4. The molecular weight excluding hydrogens is 759 g/mol. The van der Waals surface area contributed by atoms with Crippen molar-refractivity contribution in [3.05, 3.63) is 212 Å². The van der Waals surface area contributed by atoms with Gasteiger partial charge in [-0.15, -0.1) is 11.3 Å². The van der Waals surface area contributed by atoms with Crippen LogP contribution in [0.3, 0.4) is 0 Å². The molecule has 10 aromatic carbocycles. The molecule has 0 fully saturated rings. The van der Waals surface area contributed by atoms with Crippen LogP contribution in [0.15, 0.2) is 212 Å². The van der Waals surface area contributed by atoms with E-state index < -0.39 is 0 Å². The maximum atomic E-state index is 5.23. The summed E-state index contributed by atoms with van der Waals surface area (Å²) in [7, 11) is 0. The molecular formula is C57H35N3S. The van der Waals surface area contributed by atoms with Gasteiger partial charge < -0.3 is 0 Å². The number of nitrogens with zero attached hydrogens (tertiary/aromatic N) is 3. The van der Waals surface area contributed by atoms with Crippen molar-refractivity contribution in [3.63, 3.8) is 0 Å². The molecule has 3 nitrogen and oxygen atoms in total. The van der Waals surface area contributed by atoms with Gasteiger partial charge in [-0.25, -0.2) is 15.0 Å². The lowest BCUT2D eigenvalue weighted by molar-refractivity contribution is 1.07. The molecule has 284 valence electrons. The van der Waals surface area contributed by atoms with E-state index in [4.69, 9.17) is 15.0 Å². The van der Waals surface area contributed by atoms with Crippen molar-refractivity contribution in [1.29, 1.82) is 0 Å². The molecule has 12 rings (SSSR count). The summed E-state index contributed by atoms with van der Waals surface area (Å²) in [6.45, 7) is 0. The number of hydrogen-bond acceptors (Lipinski definition) is 4. The zero-order valence-corrected chi connectivity index (χ0v) is 33.8. The fourth-order valence-corrected chi connectivity index (χ4v) is 10.1. The molecule has 0 radical (unpaired) electrons. The molecule has 0 amide bonds. The highest BCUT2D eigenvalue weighted by Gasteiger charge is 2.17. The lowest BCUT2D eigenvalue weighted by Gasteiger charge is -2.15. The predicted molar refractivity (Wildman–Crippen MR) is 258 cm³/mol. The lowest BCUT2D eigenvalue weighted by Crippen LogP contribution is -2.00. The van der Waals surface area contributed by atoms with Crippen LogP contribution in [-0.4, -0.2) is 15.0 Å². The van der Waals surface area contributed by atoms with E-state index in [9.17, 15) is 0 Å². The molecule has 4 heteroatoms. The van der Waals surface area contributed by atoms with Gasteiger partial charge in [0, 0.05) is 36.9 Å². The molecule has 12 aromatic rings. The summed E-state index contributed by atoms with van der Waals surface area (Å²) in [4.78, 5) is 15.6. The summed E-state index contributed by atoms with van der Waals surface area (Å²) in [5, 5.41) is 10.00. The van der Waals surface area contributed by atoms with E-state index in [1.54, 1.807) is 0 Å². The van der Waals surface area contributed by atoms with E-state index in [1.807, 2.05) is 17.4 Å². The molecule has 0 saturated carbocycles. The SMILES string of the molecule is c1ccc(-c2cccc(-c3nc(-c4ccc(-c5c6ccccc6cc6c5ccc5ccccc56)cc4)nc(-c4cccc(-c5cccc6sc7ccccc7c56)c4)n3)c2)cc1. The molecule has 61 heavy (non-hydrogen) atoms. The van der Waals surface area contributed by atoms with Crippen LogP contribution in [-0.2, 0) is 0 Å². The van der Waals surface area contributed by atoms with Crippen LogP contribution in [0.25, 0.3) is 120 Å². The van der Waals surface area contributed by atoms with Crippen LogP contribution in [0.1, 0.15) is 0 Å². The summed E-state index contributed by atoms with van der Waals surface area (Å²) in [6.07, 6.45) is 0. The van der Waals surface area contributed by atoms with Crippen LogP contribution in [0.4, 0.5) is 0 Å². The zero-order chi connectivity index (χ0) is 40.3. The Morgan fingerprint density at radius 1 is 0.279 bits per heavy atom. The van der Waals surface area contributed by atoms with Crippen LogP contribution in [0, 0.1) is 0 Å². The molecule has 0 aliphatic carbocycles. The van der Waals surface area contributed by atoms with Crippen LogP contribution >= 0.6 is 11.3 Å². The number of fused-ring (bicyclic) bond motifs is 7. The maximum absolute atomic E-state index is 5.23. The standard InChI is InChI=1S/C57H35N3S/c1-2-13-36(14-3-1)40-17-10-19-43(33-40)56-58-55(59-57(60-56)44-20-11-18-41(34-44)47-24-12-26-52-54(47)49-23-8-9-25-51(49)61-52)39-29-27-38(28-30-39)53-46-22-7-5-16-42(46)35-50-45-21-6-4-15-37(45)31-32-48(50)53/h1-35H. The van der Waals surface area contributed by atoms with Gasteiger partial charge in [0.15, 0.2) is 17.5 Å². The van der Waals surface area contributed by atoms with E-state index >= 15 is 0 Å². The summed E-state index contributed by atoms with van der Waals surface area (Å²) < 4.78 is 2.57. The van der Waals surface area contributed by atoms with Gasteiger partial charge in [0.25, 0.3) is 0 Å². The summed E-state index contributed by atoms with van der Waals surface area (Å²) in [5.74, 6) is 1.89. The van der Waals surface area contributed by atoms with E-state index in [0.29, 0.717) is 17.5 Å². The molecule has 0 saturated heterocycles. The third-order valence-electron chi connectivity index (χ3n) is 11.9. The Hall–Kier alpha value is -7.79. The van der Waals surface area contributed by atoms with Gasteiger partial charge in [0.2, 0.25) is 0 Å². The van der Waals surface area contributed by atoms with Crippen molar-refractivity contribution in [3.8, 4) is 67.5 Å². The molecule has 0 spiro atoms. The fraction of sp³-hybridized carbons (Fsp3) is 0. The van der Waals surface area contributed by atoms with Crippen molar-refractivity contribution in [2.24, 2.45) is 0 Å². The van der Waals surface area contributed by atoms with Gasteiger partial charge in [0.1, 0.15) is 0 Å². The maximum Gasteiger partial charge on any atom is 0.164 e. The highest BCUT2D eigenvalue weighted by Crippen LogP contribution is 2.42. The average molecular weight is 794 g/mol. The summed E-state index contributed by atoms with van der Waals surface area (Å²) >= 11 is 1.84. The molecule has 2 heterocycles. The Morgan fingerprint density at radius 2 is 0.836 bits per heavy atom. The predicted octanol–water partition coefficient (Wildman–Crippen LogP) is 15.7. The van der Waals surface area contributed by atoms with Crippen molar-refractivity contribution in [2.45, 2.75) is 0 Å². The highest BCUT2D eigenvalue weighted by atomic mass is 32.1. The minimum atomic E-state index is 0.627. The van der Waals surface area contributed by atoms with Crippen molar-refractivity contribution in [1.82, 2.24) is 15.0 Å². The summed E-state index contributed by atoms with van der Waals surface area (Å²) in [5.41, 5.74) is 9.75. The van der Waals surface area contributed by atoms with Gasteiger partial charge in [-0.2, -0.15) is 0 Å². The van der Waals surface area contributed by atoms with Crippen molar-refractivity contribution in [2.75, 3.05) is 0 Å². The van der Waals surface area contributed by atoms with Gasteiger partial charge in [-0.05, 0) is 96.0 Å². The normalized spacial score (nSPS) is 11.6. The second kappa shape index (κ2) is 14.5. The first-order valence-electron chi connectivity index (χ1n) is 20.6. The minimum absolute atomic E-state index is 0.627. The summed E-state index contributed by atoms with van der Waals surface area (Å²) in [6, 6.07) is 75.8. The number of thiophene rings is 1. The minimum Gasteiger partial charge on any atom is -0.208 e. The highest BCUT2D eigenvalue weighted by molar-refractivity contribution is 7.25.